The Bertz CT molecular complexity index is 1480. The number of hydrogen-bond donors (Lipinski definition) is 5. The molecule has 2 saturated heterocycles. The summed E-state index contributed by atoms with van der Waals surface area (Å²) in [7, 11) is 0. The van der Waals surface area contributed by atoms with Crippen LogP contribution >= 0.6 is 34.2 Å². The second-order valence-corrected chi connectivity index (χ2v) is 11.3. The Labute approximate surface area is 255 Å². The van der Waals surface area contributed by atoms with E-state index in [4.69, 9.17) is 27.8 Å². The number of carbonyl (C=O) groups excluding carboxylic acids is 2. The van der Waals surface area contributed by atoms with Crippen LogP contribution in [-0.2, 0) is 13.2 Å². The number of carbonyl (C=O) groups is 2. The molecule has 3 aromatic rings. The second-order valence-electron chi connectivity index (χ2n) is 9.87. The molecule has 41 heavy (non-hydrogen) atoms. The maximum Gasteiger partial charge on any atom is 0.317 e. The van der Waals surface area contributed by atoms with Crippen molar-refractivity contribution < 1.29 is 14.3 Å². The first kappa shape index (κ1) is 28.7. The average molecular weight is 690 g/mol. The number of likely N-dealkylation sites (tertiary alicyclic amines) is 1. The van der Waals surface area contributed by atoms with Crippen molar-refractivity contribution in [1.29, 1.82) is 0 Å². The summed E-state index contributed by atoms with van der Waals surface area (Å²) in [6.07, 6.45) is 1.39. The van der Waals surface area contributed by atoms with Crippen LogP contribution in [-0.4, -0.2) is 57.9 Å². The van der Waals surface area contributed by atoms with Gasteiger partial charge in [0.25, 0.3) is 0 Å². The minimum absolute atomic E-state index is 0.0493. The van der Waals surface area contributed by atoms with Gasteiger partial charge in [0.2, 0.25) is 0 Å². The van der Waals surface area contributed by atoms with E-state index in [1.165, 1.54) is 0 Å². The Morgan fingerprint density at radius 1 is 1.10 bits per heavy atom. The van der Waals surface area contributed by atoms with Gasteiger partial charge in [-0.2, -0.15) is 4.99 Å². The van der Waals surface area contributed by atoms with Gasteiger partial charge in [-0.1, -0.05) is 35.9 Å². The third-order valence-corrected chi connectivity index (χ3v) is 8.01. The highest BCUT2D eigenvalue weighted by molar-refractivity contribution is 14.1. The maximum absolute atomic E-state index is 12.9. The summed E-state index contributed by atoms with van der Waals surface area (Å²) >= 11 is 7.81. The molecule has 2 aliphatic rings. The zero-order valence-electron chi connectivity index (χ0n) is 22.0. The zero-order chi connectivity index (χ0) is 29.0. The van der Waals surface area contributed by atoms with Crippen LogP contribution in [0.5, 0.6) is 5.75 Å². The van der Waals surface area contributed by atoms with E-state index < -0.39 is 5.91 Å². The van der Waals surface area contributed by atoms with E-state index >= 15 is 0 Å². The van der Waals surface area contributed by atoms with Crippen LogP contribution in [0.25, 0.3) is 0 Å². The molecule has 2 fully saturated rings. The number of benzene rings is 2. The number of rotatable bonds is 6. The van der Waals surface area contributed by atoms with Gasteiger partial charge in [0.1, 0.15) is 16.1 Å². The van der Waals surface area contributed by atoms with E-state index in [2.05, 4.69) is 30.9 Å². The predicted octanol–water partition coefficient (Wildman–Crippen LogP) is 2.91. The van der Waals surface area contributed by atoms with E-state index in [0.29, 0.717) is 60.3 Å². The molecule has 12 nitrogen and oxygen atoms in total. The average Bonchev–Trinajstić information content (AvgIpc) is 3.35. The number of amides is 3. The lowest BCUT2D eigenvalue weighted by atomic mass is 9.89. The number of guanidine groups is 1. The van der Waals surface area contributed by atoms with Gasteiger partial charge in [-0.05, 0) is 70.8 Å². The van der Waals surface area contributed by atoms with Gasteiger partial charge in [0.05, 0.1) is 5.54 Å². The van der Waals surface area contributed by atoms with Crippen LogP contribution < -0.4 is 32.2 Å². The molecule has 0 saturated carbocycles. The first-order valence-corrected chi connectivity index (χ1v) is 14.4. The van der Waals surface area contributed by atoms with Crippen LogP contribution in [0.4, 0.5) is 16.4 Å². The number of urea groups is 1. The van der Waals surface area contributed by atoms with Crippen molar-refractivity contribution in [3.63, 3.8) is 0 Å². The number of nitrogen functional groups attached to an aromatic ring is 2. The molecule has 2 aromatic carbocycles. The minimum Gasteiger partial charge on any atom is -0.489 e. The number of halogens is 2. The normalized spacial score (nSPS) is 16.7. The van der Waals surface area contributed by atoms with E-state index in [1.807, 2.05) is 59.0 Å². The fraction of sp³-hybridized carbons (Fsp3) is 0.296. The van der Waals surface area contributed by atoms with Crippen molar-refractivity contribution >= 4 is 63.7 Å². The van der Waals surface area contributed by atoms with Gasteiger partial charge in [-0.25, -0.2) is 14.8 Å². The molecule has 0 aliphatic carbocycles. The summed E-state index contributed by atoms with van der Waals surface area (Å²) in [6, 6.07) is 15.0. The maximum atomic E-state index is 12.9. The smallest absolute Gasteiger partial charge is 0.317 e. The van der Waals surface area contributed by atoms with Gasteiger partial charge in [0.15, 0.2) is 23.3 Å². The van der Waals surface area contributed by atoms with Crippen LogP contribution in [0.3, 0.4) is 0 Å². The van der Waals surface area contributed by atoms with Crippen molar-refractivity contribution in [3.8, 4) is 5.75 Å². The highest BCUT2D eigenvalue weighted by Crippen LogP contribution is 2.25. The largest absolute Gasteiger partial charge is 0.489 e. The molecule has 0 bridgehead atoms. The van der Waals surface area contributed by atoms with Crippen molar-refractivity contribution in [2.24, 2.45) is 4.99 Å². The molecule has 3 amide bonds. The van der Waals surface area contributed by atoms with Crippen molar-refractivity contribution in [2.75, 3.05) is 31.1 Å². The predicted molar refractivity (Wildman–Crippen MR) is 164 cm³/mol. The van der Waals surface area contributed by atoms with Gasteiger partial charge in [0, 0.05) is 31.2 Å². The fourth-order valence-electron chi connectivity index (χ4n) is 4.67. The molecule has 1 aromatic heterocycles. The van der Waals surface area contributed by atoms with Gasteiger partial charge < -0.3 is 37.1 Å². The molecule has 3 heterocycles. The molecule has 1 spiro atoms. The van der Waals surface area contributed by atoms with Gasteiger partial charge in [-0.15, -0.1) is 0 Å². The third-order valence-electron chi connectivity index (χ3n) is 6.96. The lowest BCUT2D eigenvalue weighted by Crippen LogP contribution is -2.55. The molecular weight excluding hydrogens is 661 g/mol. The molecule has 5 rings (SSSR count). The Kier molecular flexibility index (Phi) is 8.63. The monoisotopic (exact) mass is 689 g/mol. The van der Waals surface area contributed by atoms with E-state index in [-0.39, 0.29) is 28.9 Å². The number of hydrogen-bond acceptors (Lipinski definition) is 7. The summed E-state index contributed by atoms with van der Waals surface area (Å²) in [5.74, 6) is 0.566. The Hall–Kier alpha value is -3.85. The quantitative estimate of drug-likeness (QED) is 0.244. The standard InChI is InChI=1S/C27H29ClIN9O3/c28-18-4-6-19(7-5-18)41-14-17-3-1-2-16(12-17)13-32-26(40)38-10-8-27(9-11-38)15-33-25(37-27)36-24(39)20-22(30)35-23(31)21(29)34-20/h1-7,12H,8-11,13-15H2,(H,32,40)(H4,30,31,35)(H2,33,36,37,39). The molecule has 14 heteroatoms. The van der Waals surface area contributed by atoms with Crippen molar-refractivity contribution in [2.45, 2.75) is 31.5 Å². The third kappa shape index (κ3) is 7.08. The molecule has 0 radical (unpaired) electrons. The zero-order valence-corrected chi connectivity index (χ0v) is 24.9. The highest BCUT2D eigenvalue weighted by atomic mass is 127. The molecule has 0 atom stereocenters. The van der Waals surface area contributed by atoms with E-state index in [0.717, 1.165) is 16.9 Å². The fourth-order valence-corrected chi connectivity index (χ4v) is 5.16. The summed E-state index contributed by atoms with van der Waals surface area (Å²) in [5, 5.41) is 10.2. The highest BCUT2D eigenvalue weighted by Gasteiger charge is 2.40. The summed E-state index contributed by atoms with van der Waals surface area (Å²) in [5.41, 5.74) is 13.1. The van der Waals surface area contributed by atoms with Crippen molar-refractivity contribution in [3.05, 3.63) is 74.1 Å². The Balaban J connectivity index is 1.09. The van der Waals surface area contributed by atoms with E-state index in [9.17, 15) is 9.59 Å². The second kappa shape index (κ2) is 12.3. The Morgan fingerprint density at radius 2 is 1.83 bits per heavy atom. The van der Waals surface area contributed by atoms with Crippen molar-refractivity contribution in [1.82, 2.24) is 30.8 Å². The van der Waals surface area contributed by atoms with Crippen LogP contribution in [0, 0.1) is 3.70 Å². The number of aromatic nitrogens is 2. The molecule has 214 valence electrons. The van der Waals surface area contributed by atoms with Gasteiger partial charge in [-0.3, -0.25) is 4.79 Å². The molecule has 2 aliphatic heterocycles. The number of nitrogens with zero attached hydrogens (tertiary/aromatic N) is 4. The minimum atomic E-state index is -0.614. The number of ether oxygens (including phenoxy) is 1. The lowest BCUT2D eigenvalue weighted by Gasteiger charge is -2.38. The van der Waals surface area contributed by atoms with E-state index in [1.54, 1.807) is 17.0 Å². The summed E-state index contributed by atoms with van der Waals surface area (Å²) in [6.45, 7) is 2.52. The SMILES string of the molecule is Nc1nc(N)c(C(=O)/N=C2\NCC3(CCN(C(=O)NCc4cccc(COc5ccc(Cl)cc5)c4)CC3)N2)nc1I. The lowest BCUT2D eigenvalue weighted by molar-refractivity contribution is 0.0998. The number of piperidine rings is 1. The summed E-state index contributed by atoms with van der Waals surface area (Å²) < 4.78 is 6.21. The first-order valence-electron chi connectivity index (χ1n) is 12.9. The number of anilines is 2. The molecular formula is C27H29ClIN9O3. The van der Waals surface area contributed by atoms with Crippen LogP contribution in [0.2, 0.25) is 5.02 Å². The number of aliphatic imine (C=N–C) groups is 1. The topological polar surface area (TPSA) is 173 Å². The molecule has 7 N–H and O–H groups in total. The Morgan fingerprint density at radius 3 is 2.59 bits per heavy atom. The molecule has 0 unspecified atom stereocenters. The van der Waals surface area contributed by atoms with Crippen LogP contribution in [0.1, 0.15) is 34.5 Å². The number of nitrogens with two attached hydrogens (primary N) is 2. The van der Waals surface area contributed by atoms with Gasteiger partial charge >= 0.3 is 11.9 Å². The summed E-state index contributed by atoms with van der Waals surface area (Å²) in [4.78, 5) is 39.5. The number of nitrogens with one attached hydrogen (secondary N) is 3. The first-order chi connectivity index (χ1) is 19.7. The van der Waals surface area contributed by atoms with Crippen LogP contribution in [0.15, 0.2) is 53.5 Å².